The van der Waals surface area contributed by atoms with Gasteiger partial charge in [0.05, 0.1) is 17.9 Å². The molecule has 0 spiro atoms. The SMILES string of the molecule is Cn1ncc(NC(=O)[C@H]2OCC[C@H]2NC(=O)OCC2c3ccccc3-c3ccccc32)c1C(=O)O. The van der Waals surface area contributed by atoms with Crippen molar-refractivity contribution in [1.82, 2.24) is 15.1 Å². The van der Waals surface area contributed by atoms with Crippen LogP contribution < -0.4 is 10.6 Å². The normalized spacial score (nSPS) is 18.5. The molecule has 0 bridgehead atoms. The predicted octanol–water partition coefficient (Wildman–Crippen LogP) is 2.75. The van der Waals surface area contributed by atoms with Crippen LogP contribution in [0.3, 0.4) is 0 Å². The molecule has 10 nitrogen and oxygen atoms in total. The van der Waals surface area contributed by atoms with Crippen LogP contribution in [0.1, 0.15) is 34.0 Å². The molecule has 1 aliphatic carbocycles. The number of amides is 2. The Morgan fingerprint density at radius 2 is 1.77 bits per heavy atom. The highest BCUT2D eigenvalue weighted by molar-refractivity contribution is 6.01. The number of ether oxygens (including phenoxy) is 2. The Morgan fingerprint density at radius 1 is 1.11 bits per heavy atom. The summed E-state index contributed by atoms with van der Waals surface area (Å²) in [6.07, 6.45) is 0.0378. The number of benzene rings is 2. The van der Waals surface area contributed by atoms with Crippen LogP contribution in [0.4, 0.5) is 10.5 Å². The van der Waals surface area contributed by atoms with E-state index in [9.17, 15) is 19.5 Å². The van der Waals surface area contributed by atoms with Gasteiger partial charge in [-0.15, -0.1) is 0 Å². The highest BCUT2D eigenvalue weighted by Gasteiger charge is 2.37. The lowest BCUT2D eigenvalue weighted by Gasteiger charge is -2.20. The Hall–Kier alpha value is -4.18. The van der Waals surface area contributed by atoms with Gasteiger partial charge in [-0.25, -0.2) is 9.59 Å². The van der Waals surface area contributed by atoms with Gasteiger partial charge in [0, 0.05) is 19.6 Å². The van der Waals surface area contributed by atoms with E-state index in [4.69, 9.17) is 9.47 Å². The molecule has 0 saturated carbocycles. The van der Waals surface area contributed by atoms with Crippen molar-refractivity contribution in [2.75, 3.05) is 18.5 Å². The third kappa shape index (κ3) is 4.24. The quantitative estimate of drug-likeness (QED) is 0.498. The minimum Gasteiger partial charge on any atom is -0.476 e. The average molecular weight is 476 g/mol. The van der Waals surface area contributed by atoms with Crippen molar-refractivity contribution in [2.24, 2.45) is 7.05 Å². The van der Waals surface area contributed by atoms with Crippen molar-refractivity contribution in [3.05, 3.63) is 71.5 Å². The average Bonchev–Trinajstić information content (AvgIpc) is 3.53. The number of fused-ring (bicyclic) bond motifs is 3. The Morgan fingerprint density at radius 3 is 2.43 bits per heavy atom. The van der Waals surface area contributed by atoms with Crippen LogP contribution in [-0.2, 0) is 21.3 Å². The molecule has 2 aliphatic rings. The Bertz CT molecular complexity index is 1260. The number of carbonyl (C=O) groups excluding carboxylic acids is 2. The Labute approximate surface area is 200 Å². The largest absolute Gasteiger partial charge is 0.476 e. The molecule has 180 valence electrons. The van der Waals surface area contributed by atoms with Crippen molar-refractivity contribution >= 4 is 23.7 Å². The molecule has 2 amide bonds. The lowest BCUT2D eigenvalue weighted by molar-refractivity contribution is -0.125. The zero-order valence-electron chi connectivity index (χ0n) is 18.9. The van der Waals surface area contributed by atoms with E-state index in [1.165, 1.54) is 13.2 Å². The van der Waals surface area contributed by atoms with Gasteiger partial charge >= 0.3 is 12.1 Å². The molecule has 1 fully saturated rings. The van der Waals surface area contributed by atoms with E-state index in [0.29, 0.717) is 6.42 Å². The minimum atomic E-state index is -1.22. The first kappa shape index (κ1) is 22.6. The number of carboxylic acid groups (broad SMARTS) is 1. The van der Waals surface area contributed by atoms with Crippen LogP contribution in [0.2, 0.25) is 0 Å². The number of carboxylic acids is 1. The van der Waals surface area contributed by atoms with Gasteiger partial charge in [0.25, 0.3) is 5.91 Å². The number of aryl methyl sites for hydroxylation is 1. The standard InChI is InChI=1S/C25H24N4O6/c1-29-21(24(31)32)20(12-26-29)27-23(30)22-19(10-11-34-22)28-25(33)35-13-18-16-8-4-2-6-14(16)15-7-3-5-9-17(15)18/h2-9,12,18-19,22H,10-11,13H2,1H3,(H,27,30)(H,28,33)(H,31,32)/t19-,22+/m1/s1. The number of hydrogen-bond donors (Lipinski definition) is 3. The Kier molecular flexibility index (Phi) is 5.96. The van der Waals surface area contributed by atoms with Gasteiger partial charge in [0.15, 0.2) is 11.8 Å². The maximum absolute atomic E-state index is 12.8. The van der Waals surface area contributed by atoms with Gasteiger partial charge < -0.3 is 25.2 Å². The van der Waals surface area contributed by atoms with Crippen LogP contribution in [0, 0.1) is 0 Å². The van der Waals surface area contributed by atoms with Crippen LogP contribution in [-0.4, -0.2) is 58.2 Å². The number of carbonyl (C=O) groups is 3. The van der Waals surface area contributed by atoms with E-state index in [1.807, 2.05) is 36.4 Å². The van der Waals surface area contributed by atoms with E-state index < -0.39 is 30.1 Å². The topological polar surface area (TPSA) is 132 Å². The van der Waals surface area contributed by atoms with Crippen molar-refractivity contribution < 1.29 is 29.0 Å². The van der Waals surface area contributed by atoms with Crippen molar-refractivity contribution in [3.8, 4) is 11.1 Å². The molecule has 0 unspecified atom stereocenters. The zero-order valence-corrected chi connectivity index (χ0v) is 18.9. The summed E-state index contributed by atoms with van der Waals surface area (Å²) in [6.45, 7) is 0.424. The second-order valence-electron chi connectivity index (χ2n) is 8.48. The molecule has 3 aromatic rings. The summed E-state index contributed by atoms with van der Waals surface area (Å²) < 4.78 is 12.2. The molecule has 2 atom stereocenters. The molecular weight excluding hydrogens is 452 g/mol. The van der Waals surface area contributed by atoms with Crippen LogP contribution in [0.15, 0.2) is 54.7 Å². The molecule has 1 saturated heterocycles. The lowest BCUT2D eigenvalue weighted by atomic mass is 9.98. The van der Waals surface area contributed by atoms with Gasteiger partial charge in [-0.1, -0.05) is 48.5 Å². The van der Waals surface area contributed by atoms with Gasteiger partial charge in [-0.2, -0.15) is 5.10 Å². The van der Waals surface area contributed by atoms with E-state index in [2.05, 4.69) is 27.9 Å². The first-order valence-electron chi connectivity index (χ1n) is 11.2. The third-order valence-corrected chi connectivity index (χ3v) is 6.40. The van der Waals surface area contributed by atoms with E-state index in [1.54, 1.807) is 0 Å². The van der Waals surface area contributed by atoms with Crippen molar-refractivity contribution in [3.63, 3.8) is 0 Å². The molecule has 2 heterocycles. The first-order chi connectivity index (χ1) is 16.9. The number of nitrogens with one attached hydrogen (secondary N) is 2. The van der Waals surface area contributed by atoms with Gasteiger partial charge in [0.2, 0.25) is 0 Å². The number of aromatic nitrogens is 2. The van der Waals surface area contributed by atoms with E-state index in [-0.39, 0.29) is 30.5 Å². The fraction of sp³-hybridized carbons (Fsp3) is 0.280. The van der Waals surface area contributed by atoms with Gasteiger partial charge in [-0.05, 0) is 28.7 Å². The number of aromatic carboxylic acids is 1. The first-order valence-corrected chi connectivity index (χ1v) is 11.2. The minimum absolute atomic E-state index is 0.0559. The second-order valence-corrected chi connectivity index (χ2v) is 8.48. The fourth-order valence-corrected chi connectivity index (χ4v) is 4.77. The molecule has 3 N–H and O–H groups in total. The summed E-state index contributed by atoms with van der Waals surface area (Å²) in [6, 6.07) is 15.5. The highest BCUT2D eigenvalue weighted by Crippen LogP contribution is 2.44. The number of nitrogens with zero attached hydrogens (tertiary/aromatic N) is 2. The number of alkyl carbamates (subject to hydrolysis) is 1. The van der Waals surface area contributed by atoms with Crippen molar-refractivity contribution in [1.29, 1.82) is 0 Å². The van der Waals surface area contributed by atoms with E-state index in [0.717, 1.165) is 26.9 Å². The molecule has 1 aliphatic heterocycles. The van der Waals surface area contributed by atoms with Gasteiger partial charge in [0.1, 0.15) is 6.61 Å². The summed E-state index contributed by atoms with van der Waals surface area (Å²) in [7, 11) is 1.46. The third-order valence-electron chi connectivity index (χ3n) is 6.40. The Balaban J connectivity index is 1.22. The van der Waals surface area contributed by atoms with Crippen molar-refractivity contribution in [2.45, 2.75) is 24.5 Å². The second kappa shape index (κ2) is 9.22. The fourth-order valence-electron chi connectivity index (χ4n) is 4.77. The smallest absolute Gasteiger partial charge is 0.407 e. The lowest BCUT2D eigenvalue weighted by Crippen LogP contribution is -2.46. The number of anilines is 1. The summed E-state index contributed by atoms with van der Waals surface area (Å²) >= 11 is 0. The maximum atomic E-state index is 12.8. The zero-order chi connectivity index (χ0) is 24.5. The molecule has 2 aromatic carbocycles. The van der Waals surface area contributed by atoms with Crippen LogP contribution >= 0.6 is 0 Å². The number of rotatable bonds is 6. The van der Waals surface area contributed by atoms with Crippen LogP contribution in [0.5, 0.6) is 0 Å². The molecule has 1 aromatic heterocycles. The molecular formula is C25H24N4O6. The number of hydrogen-bond acceptors (Lipinski definition) is 6. The highest BCUT2D eigenvalue weighted by atomic mass is 16.6. The molecule has 5 rings (SSSR count). The summed E-state index contributed by atoms with van der Waals surface area (Å²) in [5, 5.41) is 18.5. The summed E-state index contributed by atoms with van der Waals surface area (Å²) in [4.78, 5) is 36.8. The monoisotopic (exact) mass is 476 g/mol. The van der Waals surface area contributed by atoms with Gasteiger partial charge in [-0.3, -0.25) is 9.48 Å². The van der Waals surface area contributed by atoms with E-state index >= 15 is 0 Å². The maximum Gasteiger partial charge on any atom is 0.407 e. The summed E-state index contributed by atoms with van der Waals surface area (Å²) in [5.41, 5.74) is 4.38. The molecule has 10 heteroatoms. The molecule has 0 radical (unpaired) electrons. The predicted molar refractivity (Wildman–Crippen MR) is 125 cm³/mol. The van der Waals surface area contributed by atoms with Crippen LogP contribution in [0.25, 0.3) is 11.1 Å². The summed E-state index contributed by atoms with van der Waals surface area (Å²) in [5.74, 6) is -1.87. The molecule has 35 heavy (non-hydrogen) atoms.